The van der Waals surface area contributed by atoms with Crippen molar-refractivity contribution in [3.05, 3.63) is 65.0 Å². The second-order valence-corrected chi connectivity index (χ2v) is 5.98. The molecule has 132 valence electrons. The van der Waals surface area contributed by atoms with Gasteiger partial charge in [-0.3, -0.25) is 0 Å². The lowest BCUT2D eigenvalue weighted by Crippen LogP contribution is -2.31. The number of carbonyl (C=O) groups is 1. The van der Waals surface area contributed by atoms with E-state index in [-0.39, 0.29) is 17.8 Å². The van der Waals surface area contributed by atoms with Gasteiger partial charge in [0.05, 0.1) is 18.2 Å². The smallest absolute Gasteiger partial charge is 0.338 e. The average Bonchev–Trinajstić information content (AvgIpc) is 2.57. The van der Waals surface area contributed by atoms with Gasteiger partial charge in [0.25, 0.3) is 0 Å². The Labute approximate surface area is 152 Å². The van der Waals surface area contributed by atoms with Gasteiger partial charge in [-0.1, -0.05) is 18.2 Å². The van der Waals surface area contributed by atoms with Crippen LogP contribution in [0.25, 0.3) is 0 Å². The molecule has 4 nitrogen and oxygen atoms in total. The molecule has 0 saturated heterocycles. The first kappa shape index (κ1) is 18.9. The molecule has 0 aliphatic heterocycles. The van der Waals surface area contributed by atoms with Crippen molar-refractivity contribution in [1.29, 1.82) is 0 Å². The van der Waals surface area contributed by atoms with Crippen LogP contribution in [0.2, 0.25) is 0 Å². The van der Waals surface area contributed by atoms with Gasteiger partial charge in [-0.25, -0.2) is 9.18 Å². The minimum atomic E-state index is -0.359. The van der Waals surface area contributed by atoms with E-state index in [1.807, 2.05) is 19.9 Å². The van der Waals surface area contributed by atoms with E-state index in [0.717, 1.165) is 16.8 Å². The lowest BCUT2D eigenvalue weighted by molar-refractivity contribution is 0.0525. The summed E-state index contributed by atoms with van der Waals surface area (Å²) < 4.78 is 18.1. The van der Waals surface area contributed by atoms with E-state index in [1.165, 1.54) is 12.1 Å². The predicted octanol–water partition coefficient (Wildman–Crippen LogP) is 4.36. The van der Waals surface area contributed by atoms with Crippen molar-refractivity contribution in [2.75, 3.05) is 11.9 Å². The molecule has 0 amide bonds. The largest absolute Gasteiger partial charge is 0.462 e. The minimum absolute atomic E-state index is 0.0888. The van der Waals surface area contributed by atoms with Crippen molar-refractivity contribution in [1.82, 2.24) is 5.32 Å². The van der Waals surface area contributed by atoms with Crippen LogP contribution in [0.1, 0.15) is 41.4 Å². The number of ether oxygens (including phenoxy) is 1. The summed E-state index contributed by atoms with van der Waals surface area (Å²) in [7, 11) is 0. The first-order chi connectivity index (χ1) is 11.9. The summed E-state index contributed by atoms with van der Waals surface area (Å²) in [6, 6.07) is 11.5. The van der Waals surface area contributed by atoms with Gasteiger partial charge in [0.2, 0.25) is 0 Å². The molecule has 2 aromatic rings. The van der Waals surface area contributed by atoms with Gasteiger partial charge in [0, 0.05) is 5.69 Å². The standard InChI is InChI=1S/C19H21FN2O2S/c1-4-24-18(23)16-6-5-7-17(12(16)2)22-19(25)21-13(3)14-8-10-15(20)11-9-14/h5-11,13H,4H2,1-3H3,(H2,21,22,25)/t13-/m0/s1. The fourth-order valence-electron chi connectivity index (χ4n) is 2.39. The fraction of sp³-hybridized carbons (Fsp3) is 0.263. The molecule has 0 bridgehead atoms. The second-order valence-electron chi connectivity index (χ2n) is 5.57. The van der Waals surface area contributed by atoms with Crippen LogP contribution in [-0.4, -0.2) is 17.7 Å². The van der Waals surface area contributed by atoms with Crippen LogP contribution in [0.15, 0.2) is 42.5 Å². The number of carbonyl (C=O) groups excluding carboxylic acids is 1. The number of hydrogen-bond acceptors (Lipinski definition) is 3. The highest BCUT2D eigenvalue weighted by Crippen LogP contribution is 2.20. The lowest BCUT2D eigenvalue weighted by atomic mass is 10.1. The number of anilines is 1. The maximum absolute atomic E-state index is 13.0. The van der Waals surface area contributed by atoms with E-state index in [4.69, 9.17) is 17.0 Å². The Balaban J connectivity index is 2.06. The minimum Gasteiger partial charge on any atom is -0.462 e. The Kier molecular flexibility index (Phi) is 6.47. The summed E-state index contributed by atoms with van der Waals surface area (Å²) >= 11 is 5.35. The molecule has 0 heterocycles. The molecule has 6 heteroatoms. The molecule has 0 aliphatic carbocycles. The number of halogens is 1. The highest BCUT2D eigenvalue weighted by atomic mass is 32.1. The molecule has 1 atom stereocenters. The number of rotatable bonds is 5. The van der Waals surface area contributed by atoms with E-state index < -0.39 is 0 Å². The molecule has 0 radical (unpaired) electrons. The molecule has 0 aromatic heterocycles. The highest BCUT2D eigenvalue weighted by Gasteiger charge is 2.14. The number of esters is 1. The lowest BCUT2D eigenvalue weighted by Gasteiger charge is -2.19. The number of hydrogen-bond donors (Lipinski definition) is 2. The molecule has 2 aromatic carbocycles. The molecule has 0 spiro atoms. The molecule has 25 heavy (non-hydrogen) atoms. The summed E-state index contributed by atoms with van der Waals surface area (Å²) in [6.07, 6.45) is 0. The van der Waals surface area contributed by atoms with Crippen LogP contribution in [0, 0.1) is 12.7 Å². The van der Waals surface area contributed by atoms with Crippen LogP contribution in [0.3, 0.4) is 0 Å². The maximum atomic E-state index is 13.0. The Morgan fingerprint density at radius 2 is 1.92 bits per heavy atom. The second kappa shape index (κ2) is 8.58. The summed E-state index contributed by atoms with van der Waals surface area (Å²) in [5.41, 5.74) is 2.91. The normalized spacial score (nSPS) is 11.5. The van der Waals surface area contributed by atoms with Crippen LogP contribution in [-0.2, 0) is 4.74 Å². The van der Waals surface area contributed by atoms with Crippen molar-refractivity contribution in [2.45, 2.75) is 26.8 Å². The first-order valence-corrected chi connectivity index (χ1v) is 8.43. The molecule has 0 unspecified atom stereocenters. The van der Waals surface area contributed by atoms with Crippen LogP contribution >= 0.6 is 12.2 Å². The molecular formula is C19H21FN2O2S. The van der Waals surface area contributed by atoms with Gasteiger partial charge >= 0.3 is 5.97 Å². The zero-order chi connectivity index (χ0) is 18.4. The average molecular weight is 360 g/mol. The number of thiocarbonyl (C=S) groups is 1. The predicted molar refractivity (Wildman–Crippen MR) is 101 cm³/mol. The van der Waals surface area contributed by atoms with Crippen molar-refractivity contribution in [3.8, 4) is 0 Å². The van der Waals surface area contributed by atoms with Crippen molar-refractivity contribution >= 4 is 29.0 Å². The number of benzene rings is 2. The Hall–Kier alpha value is -2.47. The van der Waals surface area contributed by atoms with Gasteiger partial charge < -0.3 is 15.4 Å². The fourth-order valence-corrected chi connectivity index (χ4v) is 2.68. The highest BCUT2D eigenvalue weighted by molar-refractivity contribution is 7.80. The maximum Gasteiger partial charge on any atom is 0.338 e. The quantitative estimate of drug-likeness (QED) is 0.613. The van der Waals surface area contributed by atoms with Crippen LogP contribution < -0.4 is 10.6 Å². The van der Waals surface area contributed by atoms with Crippen molar-refractivity contribution in [3.63, 3.8) is 0 Å². The molecule has 0 saturated carbocycles. The van der Waals surface area contributed by atoms with Crippen molar-refractivity contribution < 1.29 is 13.9 Å². The molecule has 2 N–H and O–H groups in total. The number of nitrogens with one attached hydrogen (secondary N) is 2. The van der Waals surface area contributed by atoms with Gasteiger partial charge in [0.15, 0.2) is 5.11 Å². The Morgan fingerprint density at radius 3 is 2.56 bits per heavy atom. The van der Waals surface area contributed by atoms with Gasteiger partial charge in [-0.15, -0.1) is 0 Å². The molecule has 0 fully saturated rings. The molecular weight excluding hydrogens is 339 g/mol. The van der Waals surface area contributed by atoms with Crippen molar-refractivity contribution in [2.24, 2.45) is 0 Å². The van der Waals surface area contributed by atoms with Crippen LogP contribution in [0.4, 0.5) is 10.1 Å². The summed E-state index contributed by atoms with van der Waals surface area (Å²) in [4.78, 5) is 12.0. The summed E-state index contributed by atoms with van der Waals surface area (Å²) in [6.45, 7) is 5.86. The Morgan fingerprint density at radius 1 is 1.24 bits per heavy atom. The summed E-state index contributed by atoms with van der Waals surface area (Å²) in [5.74, 6) is -0.634. The Bertz CT molecular complexity index is 763. The zero-order valence-electron chi connectivity index (χ0n) is 14.4. The monoisotopic (exact) mass is 360 g/mol. The van der Waals surface area contributed by atoms with Gasteiger partial charge in [-0.05, 0) is 68.4 Å². The first-order valence-electron chi connectivity index (χ1n) is 8.02. The zero-order valence-corrected chi connectivity index (χ0v) is 15.2. The van der Waals surface area contributed by atoms with E-state index in [9.17, 15) is 9.18 Å². The van der Waals surface area contributed by atoms with E-state index >= 15 is 0 Å². The molecule has 2 rings (SSSR count). The third-order valence-corrected chi connectivity index (χ3v) is 4.01. The molecule has 0 aliphatic rings. The third kappa shape index (κ3) is 5.00. The van der Waals surface area contributed by atoms with Crippen LogP contribution in [0.5, 0.6) is 0 Å². The van der Waals surface area contributed by atoms with Gasteiger partial charge in [0.1, 0.15) is 5.82 Å². The van der Waals surface area contributed by atoms with E-state index in [1.54, 1.807) is 31.2 Å². The topological polar surface area (TPSA) is 50.4 Å². The summed E-state index contributed by atoms with van der Waals surface area (Å²) in [5, 5.41) is 6.66. The van der Waals surface area contributed by atoms with E-state index in [2.05, 4.69) is 10.6 Å². The van der Waals surface area contributed by atoms with Gasteiger partial charge in [-0.2, -0.15) is 0 Å². The third-order valence-electron chi connectivity index (χ3n) is 3.79. The SMILES string of the molecule is CCOC(=O)c1cccc(NC(=S)N[C@@H](C)c2ccc(F)cc2)c1C. The van der Waals surface area contributed by atoms with E-state index in [0.29, 0.717) is 17.3 Å².